The Morgan fingerprint density at radius 2 is 2.00 bits per heavy atom. The lowest BCUT2D eigenvalue weighted by atomic mass is 10.1. The van der Waals surface area contributed by atoms with Crippen LogP contribution in [0.2, 0.25) is 0 Å². The van der Waals surface area contributed by atoms with E-state index in [1.165, 1.54) is 0 Å². The molecule has 2 aromatic carbocycles. The first-order valence-corrected chi connectivity index (χ1v) is 8.50. The second-order valence-corrected chi connectivity index (χ2v) is 6.14. The number of rotatable bonds is 7. The van der Waals surface area contributed by atoms with Crippen LogP contribution in [0, 0.1) is 0 Å². The van der Waals surface area contributed by atoms with Crippen LogP contribution in [0.15, 0.2) is 53.1 Å². The normalized spacial score (nSPS) is 11.2. The molecule has 1 N–H and O–H groups in total. The number of benzene rings is 2. The van der Waals surface area contributed by atoms with Crippen LogP contribution in [0.3, 0.4) is 0 Å². The molecular weight excluding hydrogens is 316 g/mol. The Morgan fingerprint density at radius 3 is 2.76 bits per heavy atom. The average molecular weight is 338 g/mol. The Kier molecular flexibility index (Phi) is 5.46. The van der Waals surface area contributed by atoms with Gasteiger partial charge in [0.2, 0.25) is 0 Å². The van der Waals surface area contributed by atoms with E-state index in [1.807, 2.05) is 56.3 Å². The molecule has 1 aromatic heterocycles. The van der Waals surface area contributed by atoms with Crippen molar-refractivity contribution in [1.29, 1.82) is 0 Å². The molecule has 0 atom stereocenters. The molecule has 0 aliphatic carbocycles. The number of hydrogen-bond acceptors (Lipinski definition) is 4. The van der Waals surface area contributed by atoms with Crippen LogP contribution in [-0.4, -0.2) is 30.3 Å². The largest absolute Gasteiger partial charge is 0.379 e. The molecule has 1 amide bonds. The highest BCUT2D eigenvalue weighted by Crippen LogP contribution is 2.29. The quantitative estimate of drug-likeness (QED) is 0.660. The van der Waals surface area contributed by atoms with E-state index < -0.39 is 0 Å². The van der Waals surface area contributed by atoms with Crippen molar-refractivity contribution in [2.45, 2.75) is 26.4 Å². The molecule has 0 fully saturated rings. The average Bonchev–Trinajstić information content (AvgIpc) is 3.05. The summed E-state index contributed by atoms with van der Waals surface area (Å²) in [5.41, 5.74) is 2.27. The molecule has 0 aliphatic rings. The van der Waals surface area contributed by atoms with E-state index in [0.717, 1.165) is 22.9 Å². The maximum absolute atomic E-state index is 12.4. The van der Waals surface area contributed by atoms with E-state index >= 15 is 0 Å². The Bertz CT molecular complexity index is 841. The van der Waals surface area contributed by atoms with Gasteiger partial charge in [-0.2, -0.15) is 0 Å². The maximum atomic E-state index is 12.4. The highest BCUT2D eigenvalue weighted by Gasteiger charge is 2.13. The lowest BCUT2D eigenvalue weighted by molar-refractivity contribution is 0.0757. The number of aromatic nitrogens is 1. The summed E-state index contributed by atoms with van der Waals surface area (Å²) >= 11 is 0. The van der Waals surface area contributed by atoms with E-state index in [1.54, 1.807) is 6.07 Å². The highest BCUT2D eigenvalue weighted by atomic mass is 16.5. The number of carbonyl (C=O) groups is 1. The van der Waals surface area contributed by atoms with Crippen LogP contribution in [0.1, 0.15) is 30.6 Å². The Morgan fingerprint density at radius 1 is 1.20 bits per heavy atom. The second-order valence-electron chi connectivity index (χ2n) is 6.14. The lowest BCUT2D eigenvalue weighted by Crippen LogP contribution is -2.25. The van der Waals surface area contributed by atoms with Gasteiger partial charge in [-0.15, -0.1) is 0 Å². The molecule has 0 spiro atoms. The van der Waals surface area contributed by atoms with E-state index in [-0.39, 0.29) is 12.0 Å². The third kappa shape index (κ3) is 4.25. The molecule has 25 heavy (non-hydrogen) atoms. The fourth-order valence-electron chi connectivity index (χ4n) is 2.58. The highest BCUT2D eigenvalue weighted by molar-refractivity contribution is 6.00. The summed E-state index contributed by atoms with van der Waals surface area (Å²) < 4.78 is 10.9. The van der Waals surface area contributed by atoms with Gasteiger partial charge in [0.15, 0.2) is 5.76 Å². The molecule has 0 aliphatic heterocycles. The van der Waals surface area contributed by atoms with Crippen LogP contribution in [0.5, 0.6) is 0 Å². The van der Waals surface area contributed by atoms with Crippen molar-refractivity contribution in [3.05, 3.63) is 54.1 Å². The number of nitrogens with one attached hydrogen (secondary N) is 1. The number of amides is 1. The summed E-state index contributed by atoms with van der Waals surface area (Å²) in [5.74, 6) is 0.572. The van der Waals surface area contributed by atoms with Gasteiger partial charge in [0, 0.05) is 24.3 Å². The molecule has 5 heteroatoms. The Labute approximate surface area is 147 Å². The van der Waals surface area contributed by atoms with Crippen molar-refractivity contribution in [2.75, 3.05) is 13.2 Å². The monoisotopic (exact) mass is 338 g/mol. The number of hydrogen-bond donors (Lipinski definition) is 1. The molecule has 0 bridgehead atoms. The first-order valence-electron chi connectivity index (χ1n) is 8.50. The van der Waals surface area contributed by atoms with Crippen molar-refractivity contribution in [3.8, 4) is 11.3 Å². The summed E-state index contributed by atoms with van der Waals surface area (Å²) in [6.07, 6.45) is 0.998. The first kappa shape index (κ1) is 17.2. The molecule has 1 heterocycles. The summed E-state index contributed by atoms with van der Waals surface area (Å²) in [7, 11) is 0. The van der Waals surface area contributed by atoms with Gasteiger partial charge in [0.25, 0.3) is 5.91 Å². The van der Waals surface area contributed by atoms with Crippen LogP contribution in [-0.2, 0) is 4.74 Å². The lowest BCUT2D eigenvalue weighted by Gasteiger charge is -2.08. The van der Waals surface area contributed by atoms with Gasteiger partial charge >= 0.3 is 0 Å². The zero-order valence-corrected chi connectivity index (χ0v) is 14.5. The molecule has 0 saturated carbocycles. The summed E-state index contributed by atoms with van der Waals surface area (Å²) in [6, 6.07) is 15.2. The van der Waals surface area contributed by atoms with E-state index in [0.29, 0.717) is 24.5 Å². The molecule has 0 radical (unpaired) electrons. The van der Waals surface area contributed by atoms with Gasteiger partial charge in [-0.25, -0.2) is 0 Å². The van der Waals surface area contributed by atoms with E-state index in [9.17, 15) is 4.79 Å². The minimum absolute atomic E-state index is 0.105. The smallest absolute Gasteiger partial charge is 0.251 e. The number of carbonyl (C=O) groups excluding carboxylic acids is 1. The summed E-state index contributed by atoms with van der Waals surface area (Å²) in [6.45, 7) is 5.22. The number of nitrogens with zero attached hydrogens (tertiary/aromatic N) is 1. The van der Waals surface area contributed by atoms with E-state index in [2.05, 4.69) is 10.5 Å². The molecular formula is C20H22N2O3. The molecule has 130 valence electrons. The van der Waals surface area contributed by atoms with Crippen LogP contribution >= 0.6 is 0 Å². The Hall–Kier alpha value is -2.66. The fourth-order valence-corrected chi connectivity index (χ4v) is 2.58. The molecule has 5 nitrogen and oxygen atoms in total. The first-order chi connectivity index (χ1) is 12.1. The third-order valence-electron chi connectivity index (χ3n) is 3.83. The van der Waals surface area contributed by atoms with Gasteiger partial charge in [-0.3, -0.25) is 4.79 Å². The van der Waals surface area contributed by atoms with Gasteiger partial charge in [0.05, 0.1) is 11.5 Å². The second kappa shape index (κ2) is 7.94. The van der Waals surface area contributed by atoms with Crippen LogP contribution < -0.4 is 5.32 Å². The number of ether oxygens (including phenoxy) is 1. The maximum Gasteiger partial charge on any atom is 0.251 e. The summed E-state index contributed by atoms with van der Waals surface area (Å²) in [5, 5.41) is 7.83. The fraction of sp³-hybridized carbons (Fsp3) is 0.300. The van der Waals surface area contributed by atoms with Gasteiger partial charge < -0.3 is 14.6 Å². The standard InChI is InChI=1S/C20H22N2O3/c1-14(2)24-12-6-11-21-20(23)16-9-10-18-17(13-16)19(25-22-18)15-7-4-3-5-8-15/h3-5,7-10,13-14H,6,11-12H2,1-2H3,(H,21,23). The molecule has 3 aromatic rings. The predicted molar refractivity (Wildman–Crippen MR) is 97.5 cm³/mol. The zero-order chi connectivity index (χ0) is 17.6. The van der Waals surface area contributed by atoms with Crippen molar-refractivity contribution >= 4 is 16.8 Å². The van der Waals surface area contributed by atoms with E-state index in [4.69, 9.17) is 9.26 Å². The molecule has 3 rings (SSSR count). The third-order valence-corrected chi connectivity index (χ3v) is 3.83. The van der Waals surface area contributed by atoms with Crippen molar-refractivity contribution < 1.29 is 14.1 Å². The molecule has 0 saturated heterocycles. The SMILES string of the molecule is CC(C)OCCCNC(=O)c1ccc2noc(-c3ccccc3)c2c1. The Balaban J connectivity index is 1.71. The van der Waals surface area contributed by atoms with Gasteiger partial charge in [-0.1, -0.05) is 35.5 Å². The molecule has 0 unspecified atom stereocenters. The van der Waals surface area contributed by atoms with Crippen molar-refractivity contribution in [1.82, 2.24) is 10.5 Å². The number of fused-ring (bicyclic) bond motifs is 1. The zero-order valence-electron chi connectivity index (χ0n) is 14.5. The topological polar surface area (TPSA) is 64.4 Å². The van der Waals surface area contributed by atoms with Gasteiger partial charge in [0.1, 0.15) is 5.52 Å². The predicted octanol–water partition coefficient (Wildman–Crippen LogP) is 4.04. The minimum atomic E-state index is -0.105. The van der Waals surface area contributed by atoms with Crippen LogP contribution in [0.4, 0.5) is 0 Å². The minimum Gasteiger partial charge on any atom is -0.379 e. The van der Waals surface area contributed by atoms with Crippen molar-refractivity contribution in [3.63, 3.8) is 0 Å². The van der Waals surface area contributed by atoms with Crippen molar-refractivity contribution in [2.24, 2.45) is 0 Å². The van der Waals surface area contributed by atoms with Gasteiger partial charge in [-0.05, 0) is 38.5 Å². The van der Waals surface area contributed by atoms with Crippen LogP contribution in [0.25, 0.3) is 22.2 Å². The summed E-state index contributed by atoms with van der Waals surface area (Å²) in [4.78, 5) is 12.4.